The van der Waals surface area contributed by atoms with Crippen LogP contribution in [0.3, 0.4) is 0 Å². The van der Waals surface area contributed by atoms with Crippen molar-refractivity contribution < 1.29 is 14.7 Å². The third kappa shape index (κ3) is 4.37. The summed E-state index contributed by atoms with van der Waals surface area (Å²) in [6, 6.07) is 9.21. The molecule has 1 aliphatic heterocycles. The Kier molecular flexibility index (Phi) is 5.49. The van der Waals surface area contributed by atoms with E-state index in [1.807, 2.05) is 12.1 Å². The van der Waals surface area contributed by atoms with E-state index in [-0.39, 0.29) is 11.9 Å². The number of rotatable bonds is 4. The largest absolute Gasteiger partial charge is 0.481 e. The summed E-state index contributed by atoms with van der Waals surface area (Å²) in [6.07, 6.45) is 3.37. The van der Waals surface area contributed by atoms with Crippen LogP contribution in [0, 0.1) is 17.2 Å². The van der Waals surface area contributed by atoms with Gasteiger partial charge in [-0.1, -0.05) is 12.1 Å². The number of benzene rings is 1. The van der Waals surface area contributed by atoms with Crippen molar-refractivity contribution in [3.8, 4) is 6.07 Å². The zero-order valence-corrected chi connectivity index (χ0v) is 14.8. The molecule has 8 heteroatoms. The van der Waals surface area contributed by atoms with Crippen LogP contribution in [0.4, 0.5) is 9.93 Å². The van der Waals surface area contributed by atoms with Gasteiger partial charge < -0.3 is 10.0 Å². The lowest BCUT2D eigenvalue weighted by Gasteiger charge is -2.29. The highest BCUT2D eigenvalue weighted by molar-refractivity contribution is 7.15. The Hall–Kier alpha value is -2.92. The SMILES string of the molecule is N#Cc1ccc(Cc2cnc(NC(=O)N3CCC(C(=O)O)CC3)s2)cc1. The molecule has 134 valence electrons. The number of carboxylic acids is 1. The van der Waals surface area contributed by atoms with Gasteiger partial charge in [-0.3, -0.25) is 10.1 Å². The summed E-state index contributed by atoms with van der Waals surface area (Å²) in [5, 5.41) is 21.1. The Balaban J connectivity index is 1.54. The van der Waals surface area contributed by atoms with E-state index in [1.165, 1.54) is 11.3 Å². The highest BCUT2D eigenvalue weighted by Gasteiger charge is 2.27. The zero-order chi connectivity index (χ0) is 18.5. The number of nitriles is 1. The molecule has 2 N–H and O–H groups in total. The summed E-state index contributed by atoms with van der Waals surface area (Å²) in [7, 11) is 0. The second-order valence-electron chi connectivity index (χ2n) is 6.15. The van der Waals surface area contributed by atoms with Gasteiger partial charge in [-0.15, -0.1) is 11.3 Å². The average molecular weight is 370 g/mol. The normalized spacial score (nSPS) is 14.7. The molecular formula is C18H18N4O3S. The van der Waals surface area contributed by atoms with Gasteiger partial charge in [0.15, 0.2) is 5.13 Å². The minimum Gasteiger partial charge on any atom is -0.481 e. The van der Waals surface area contributed by atoms with Gasteiger partial charge in [0.1, 0.15) is 0 Å². The number of thiazole rings is 1. The van der Waals surface area contributed by atoms with Gasteiger partial charge in [-0.25, -0.2) is 9.78 Å². The van der Waals surface area contributed by atoms with Crippen LogP contribution in [-0.4, -0.2) is 40.1 Å². The van der Waals surface area contributed by atoms with Crippen molar-refractivity contribution in [1.29, 1.82) is 5.26 Å². The number of urea groups is 1. The molecular weight excluding hydrogens is 352 g/mol. The monoisotopic (exact) mass is 370 g/mol. The van der Waals surface area contributed by atoms with Crippen LogP contribution in [0.5, 0.6) is 0 Å². The van der Waals surface area contributed by atoms with Gasteiger partial charge in [-0.05, 0) is 30.5 Å². The fraction of sp³-hybridized carbons (Fsp3) is 0.333. The minimum atomic E-state index is -0.794. The second-order valence-corrected chi connectivity index (χ2v) is 7.26. The molecule has 2 aromatic rings. The summed E-state index contributed by atoms with van der Waals surface area (Å²) in [6.45, 7) is 0.874. The molecule has 0 unspecified atom stereocenters. The van der Waals surface area contributed by atoms with Crippen LogP contribution in [-0.2, 0) is 11.2 Å². The standard InChI is InChI=1S/C18H18N4O3S/c19-10-13-3-1-12(2-4-13)9-15-11-20-17(26-15)21-18(25)22-7-5-14(6-8-22)16(23)24/h1-4,11,14H,5-9H2,(H,23,24)(H,20,21,25). The van der Waals surface area contributed by atoms with E-state index in [0.717, 1.165) is 10.4 Å². The van der Waals surface area contributed by atoms with E-state index >= 15 is 0 Å². The molecule has 1 aromatic carbocycles. The van der Waals surface area contributed by atoms with Crippen molar-refractivity contribution in [1.82, 2.24) is 9.88 Å². The predicted molar refractivity (Wildman–Crippen MR) is 97.0 cm³/mol. The van der Waals surface area contributed by atoms with E-state index < -0.39 is 5.97 Å². The van der Waals surface area contributed by atoms with Crippen LogP contribution in [0.2, 0.25) is 0 Å². The molecule has 0 radical (unpaired) electrons. The first-order valence-electron chi connectivity index (χ1n) is 8.27. The number of piperidine rings is 1. The summed E-state index contributed by atoms with van der Waals surface area (Å²) >= 11 is 1.41. The average Bonchev–Trinajstić information content (AvgIpc) is 3.09. The van der Waals surface area contributed by atoms with Crippen LogP contribution in [0.1, 0.15) is 28.8 Å². The first-order chi connectivity index (χ1) is 12.5. The molecule has 3 rings (SSSR count). The van der Waals surface area contributed by atoms with E-state index in [4.69, 9.17) is 10.4 Å². The van der Waals surface area contributed by atoms with Gasteiger partial charge in [0, 0.05) is 30.6 Å². The van der Waals surface area contributed by atoms with Crippen LogP contribution >= 0.6 is 11.3 Å². The molecule has 7 nitrogen and oxygen atoms in total. The molecule has 0 aliphatic carbocycles. The van der Waals surface area contributed by atoms with Crippen LogP contribution < -0.4 is 5.32 Å². The number of carboxylic acid groups (broad SMARTS) is 1. The van der Waals surface area contributed by atoms with Crippen molar-refractivity contribution >= 4 is 28.5 Å². The number of carbonyl (C=O) groups is 2. The van der Waals surface area contributed by atoms with Crippen molar-refractivity contribution in [2.45, 2.75) is 19.3 Å². The van der Waals surface area contributed by atoms with Crippen molar-refractivity contribution in [3.05, 3.63) is 46.5 Å². The smallest absolute Gasteiger partial charge is 0.323 e. The predicted octanol–water partition coefficient (Wildman–Crippen LogP) is 2.93. The summed E-state index contributed by atoms with van der Waals surface area (Å²) in [5.74, 6) is -1.16. The maximum atomic E-state index is 12.3. The molecule has 1 fully saturated rings. The zero-order valence-electron chi connectivity index (χ0n) is 14.0. The molecule has 0 saturated carbocycles. The second kappa shape index (κ2) is 7.97. The first kappa shape index (κ1) is 17.9. The number of hydrogen-bond acceptors (Lipinski definition) is 5. The van der Waals surface area contributed by atoms with Crippen molar-refractivity contribution in [2.75, 3.05) is 18.4 Å². The number of likely N-dealkylation sites (tertiary alicyclic amines) is 1. The molecule has 2 heterocycles. The van der Waals surface area contributed by atoms with E-state index in [1.54, 1.807) is 23.2 Å². The Morgan fingerprint density at radius 3 is 2.62 bits per heavy atom. The van der Waals surface area contributed by atoms with Gasteiger partial charge in [0.25, 0.3) is 0 Å². The maximum Gasteiger partial charge on any atom is 0.323 e. The third-order valence-electron chi connectivity index (χ3n) is 4.36. The van der Waals surface area contributed by atoms with Gasteiger partial charge in [0.05, 0.1) is 17.6 Å². The number of hydrogen-bond donors (Lipinski definition) is 2. The Morgan fingerprint density at radius 1 is 1.31 bits per heavy atom. The molecule has 2 amide bonds. The topological polar surface area (TPSA) is 106 Å². The van der Waals surface area contributed by atoms with Crippen molar-refractivity contribution in [3.63, 3.8) is 0 Å². The quantitative estimate of drug-likeness (QED) is 0.860. The Bertz CT molecular complexity index is 833. The number of carbonyl (C=O) groups excluding carboxylic acids is 1. The minimum absolute atomic E-state index is 0.242. The molecule has 26 heavy (non-hydrogen) atoms. The van der Waals surface area contributed by atoms with E-state index in [0.29, 0.717) is 43.0 Å². The number of aromatic nitrogens is 1. The van der Waals surface area contributed by atoms with Gasteiger partial charge in [0.2, 0.25) is 0 Å². The number of nitrogens with zero attached hydrogens (tertiary/aromatic N) is 3. The fourth-order valence-corrected chi connectivity index (χ4v) is 3.68. The van der Waals surface area contributed by atoms with E-state index in [2.05, 4.69) is 16.4 Å². The Labute approximate surface area is 154 Å². The lowest BCUT2D eigenvalue weighted by atomic mass is 9.97. The molecule has 1 saturated heterocycles. The fourth-order valence-electron chi connectivity index (χ4n) is 2.85. The summed E-state index contributed by atoms with van der Waals surface area (Å²) in [5.41, 5.74) is 1.69. The van der Waals surface area contributed by atoms with Gasteiger partial charge in [-0.2, -0.15) is 5.26 Å². The molecule has 0 atom stereocenters. The van der Waals surface area contributed by atoms with Crippen LogP contribution in [0.25, 0.3) is 0 Å². The first-order valence-corrected chi connectivity index (χ1v) is 9.09. The maximum absolute atomic E-state index is 12.3. The lowest BCUT2D eigenvalue weighted by molar-refractivity contribution is -0.143. The molecule has 1 aliphatic rings. The van der Waals surface area contributed by atoms with Crippen molar-refractivity contribution in [2.24, 2.45) is 5.92 Å². The highest BCUT2D eigenvalue weighted by atomic mass is 32.1. The Morgan fingerprint density at radius 2 is 2.00 bits per heavy atom. The number of amides is 2. The number of aliphatic carboxylic acids is 1. The summed E-state index contributed by atoms with van der Waals surface area (Å²) in [4.78, 5) is 30.1. The molecule has 0 spiro atoms. The lowest BCUT2D eigenvalue weighted by Crippen LogP contribution is -2.42. The summed E-state index contributed by atoms with van der Waals surface area (Å²) < 4.78 is 0. The van der Waals surface area contributed by atoms with Crippen LogP contribution in [0.15, 0.2) is 30.5 Å². The van der Waals surface area contributed by atoms with Gasteiger partial charge >= 0.3 is 12.0 Å². The third-order valence-corrected chi connectivity index (χ3v) is 5.27. The number of nitrogens with one attached hydrogen (secondary N) is 1. The highest BCUT2D eigenvalue weighted by Crippen LogP contribution is 2.23. The molecule has 1 aromatic heterocycles. The molecule has 0 bridgehead atoms. The number of anilines is 1. The van der Waals surface area contributed by atoms with E-state index in [9.17, 15) is 9.59 Å².